The molecule has 0 saturated heterocycles. The number of pyridine rings is 1. The molecule has 112 valence electrons. The van der Waals surface area contributed by atoms with Crippen LogP contribution in [0.25, 0.3) is 11.4 Å². The molecule has 0 N–H and O–H groups in total. The summed E-state index contributed by atoms with van der Waals surface area (Å²) in [7, 11) is 1.45. The predicted octanol–water partition coefficient (Wildman–Crippen LogP) is 3.06. The maximum absolute atomic E-state index is 14.0. The van der Waals surface area contributed by atoms with Crippen molar-refractivity contribution >= 4 is 0 Å². The highest BCUT2D eigenvalue weighted by molar-refractivity contribution is 5.52. The number of ether oxygens (including phenoxy) is 1. The molecule has 3 rings (SSSR count). The Labute approximate surface area is 126 Å². The first-order chi connectivity index (χ1) is 10.8. The van der Waals surface area contributed by atoms with Crippen molar-refractivity contribution in [2.45, 2.75) is 12.8 Å². The lowest BCUT2D eigenvalue weighted by Gasteiger charge is -2.05. The van der Waals surface area contributed by atoms with Gasteiger partial charge >= 0.3 is 0 Å². The van der Waals surface area contributed by atoms with Gasteiger partial charge in [0, 0.05) is 24.4 Å². The van der Waals surface area contributed by atoms with Crippen LogP contribution in [0.3, 0.4) is 0 Å². The van der Waals surface area contributed by atoms with Gasteiger partial charge in [0.1, 0.15) is 0 Å². The lowest BCUT2D eigenvalue weighted by molar-refractivity contribution is 0.374. The minimum absolute atomic E-state index is 0.237. The zero-order valence-corrected chi connectivity index (χ0v) is 12.0. The second-order valence-corrected chi connectivity index (χ2v) is 4.68. The molecule has 0 amide bonds. The molecule has 0 unspecified atom stereocenters. The molecule has 1 aromatic carbocycles. The molecule has 22 heavy (non-hydrogen) atoms. The van der Waals surface area contributed by atoms with Gasteiger partial charge in [-0.25, -0.2) is 4.39 Å². The number of hydrogen-bond donors (Lipinski definition) is 0. The summed E-state index contributed by atoms with van der Waals surface area (Å²) in [6, 6.07) is 8.67. The standard InChI is InChI=1S/C16H14FN3O2/c1-21-13-4-2-3-11(15(13)17)5-6-14-19-16(20-22-14)12-7-9-18-10-8-12/h2-4,7-10H,5-6H2,1H3. The second kappa shape index (κ2) is 6.34. The van der Waals surface area contributed by atoms with Gasteiger partial charge in [-0.3, -0.25) is 4.98 Å². The highest BCUT2D eigenvalue weighted by atomic mass is 19.1. The Morgan fingerprint density at radius 2 is 1.95 bits per heavy atom. The van der Waals surface area contributed by atoms with E-state index < -0.39 is 0 Å². The fourth-order valence-corrected chi connectivity index (χ4v) is 2.12. The molecule has 0 aliphatic carbocycles. The number of halogens is 1. The summed E-state index contributed by atoms with van der Waals surface area (Å²) in [5.41, 5.74) is 1.39. The SMILES string of the molecule is COc1cccc(CCc2nc(-c3ccncc3)no2)c1F. The van der Waals surface area contributed by atoms with Crippen LogP contribution in [0.2, 0.25) is 0 Å². The van der Waals surface area contributed by atoms with Crippen LogP contribution in [0.5, 0.6) is 5.75 Å². The molecule has 0 atom stereocenters. The highest BCUT2D eigenvalue weighted by Gasteiger charge is 2.12. The van der Waals surface area contributed by atoms with Crippen molar-refractivity contribution in [2.75, 3.05) is 7.11 Å². The largest absolute Gasteiger partial charge is 0.494 e. The molecular formula is C16H14FN3O2. The van der Waals surface area contributed by atoms with E-state index in [4.69, 9.17) is 9.26 Å². The van der Waals surface area contributed by atoms with Crippen molar-refractivity contribution in [1.82, 2.24) is 15.1 Å². The van der Waals surface area contributed by atoms with Crippen LogP contribution in [0.4, 0.5) is 4.39 Å². The first kappa shape index (κ1) is 14.2. The molecule has 0 saturated carbocycles. The lowest BCUT2D eigenvalue weighted by Crippen LogP contribution is -1.97. The summed E-state index contributed by atoms with van der Waals surface area (Å²) in [5, 5.41) is 3.92. The molecule has 0 spiro atoms. The Morgan fingerprint density at radius 1 is 1.14 bits per heavy atom. The van der Waals surface area contributed by atoms with E-state index in [2.05, 4.69) is 15.1 Å². The Kier molecular flexibility index (Phi) is 4.09. The van der Waals surface area contributed by atoms with Gasteiger partial charge in [0.05, 0.1) is 7.11 Å². The summed E-state index contributed by atoms with van der Waals surface area (Å²) in [5.74, 6) is 0.858. The van der Waals surface area contributed by atoms with E-state index in [1.54, 1.807) is 42.7 Å². The minimum atomic E-state index is -0.348. The van der Waals surface area contributed by atoms with Gasteiger partial charge in [-0.2, -0.15) is 4.98 Å². The Morgan fingerprint density at radius 3 is 2.73 bits per heavy atom. The molecule has 2 aromatic heterocycles. The lowest BCUT2D eigenvalue weighted by atomic mass is 10.1. The smallest absolute Gasteiger partial charge is 0.227 e. The third-order valence-corrected chi connectivity index (χ3v) is 3.28. The average molecular weight is 299 g/mol. The summed E-state index contributed by atoms with van der Waals surface area (Å²) in [6.07, 6.45) is 4.25. The molecular weight excluding hydrogens is 285 g/mol. The molecule has 0 aliphatic heterocycles. The van der Waals surface area contributed by atoms with E-state index in [1.807, 2.05) is 0 Å². The van der Waals surface area contributed by atoms with Crippen LogP contribution >= 0.6 is 0 Å². The van der Waals surface area contributed by atoms with Crippen LogP contribution in [0.1, 0.15) is 11.5 Å². The van der Waals surface area contributed by atoms with Crippen molar-refractivity contribution in [2.24, 2.45) is 0 Å². The molecule has 2 heterocycles. The van der Waals surface area contributed by atoms with Gasteiger partial charge in [-0.1, -0.05) is 17.3 Å². The van der Waals surface area contributed by atoms with Crippen molar-refractivity contribution < 1.29 is 13.7 Å². The Bertz CT molecular complexity index is 759. The van der Waals surface area contributed by atoms with Gasteiger partial charge in [-0.15, -0.1) is 0 Å². The average Bonchev–Trinajstić information content (AvgIpc) is 3.04. The van der Waals surface area contributed by atoms with E-state index in [1.165, 1.54) is 7.11 Å². The topological polar surface area (TPSA) is 61.0 Å². The van der Waals surface area contributed by atoms with E-state index in [9.17, 15) is 4.39 Å². The zero-order chi connectivity index (χ0) is 15.4. The van der Waals surface area contributed by atoms with Gasteiger partial charge in [0.15, 0.2) is 11.6 Å². The fraction of sp³-hybridized carbons (Fsp3) is 0.188. The van der Waals surface area contributed by atoms with Crippen LogP contribution in [0.15, 0.2) is 47.2 Å². The first-order valence-corrected chi connectivity index (χ1v) is 6.82. The number of benzene rings is 1. The van der Waals surface area contributed by atoms with Crippen molar-refractivity contribution in [3.05, 3.63) is 60.0 Å². The van der Waals surface area contributed by atoms with Crippen molar-refractivity contribution in [3.8, 4) is 17.1 Å². The molecule has 5 nitrogen and oxygen atoms in total. The molecule has 6 heteroatoms. The van der Waals surface area contributed by atoms with Gasteiger partial charge in [-0.05, 0) is 30.2 Å². The van der Waals surface area contributed by atoms with Crippen LogP contribution in [0, 0.1) is 5.82 Å². The van der Waals surface area contributed by atoms with Crippen LogP contribution in [-0.4, -0.2) is 22.2 Å². The highest BCUT2D eigenvalue weighted by Crippen LogP contribution is 2.21. The Hall–Kier alpha value is -2.76. The molecule has 0 aliphatic rings. The fourth-order valence-electron chi connectivity index (χ4n) is 2.12. The van der Waals surface area contributed by atoms with Crippen molar-refractivity contribution in [1.29, 1.82) is 0 Å². The number of rotatable bonds is 5. The number of methoxy groups -OCH3 is 1. The summed E-state index contributed by atoms with van der Waals surface area (Å²) in [6.45, 7) is 0. The second-order valence-electron chi connectivity index (χ2n) is 4.68. The Balaban J connectivity index is 1.72. The summed E-state index contributed by atoms with van der Waals surface area (Å²) >= 11 is 0. The monoisotopic (exact) mass is 299 g/mol. The third kappa shape index (κ3) is 2.95. The van der Waals surface area contributed by atoms with Crippen LogP contribution in [-0.2, 0) is 12.8 Å². The van der Waals surface area contributed by atoms with Crippen molar-refractivity contribution in [3.63, 3.8) is 0 Å². The molecule has 0 bridgehead atoms. The van der Waals surface area contributed by atoms with E-state index in [-0.39, 0.29) is 11.6 Å². The summed E-state index contributed by atoms with van der Waals surface area (Å²) in [4.78, 5) is 8.25. The van der Waals surface area contributed by atoms with Gasteiger partial charge < -0.3 is 9.26 Å². The quantitative estimate of drug-likeness (QED) is 0.724. The van der Waals surface area contributed by atoms with Gasteiger partial charge in [0.25, 0.3) is 0 Å². The van der Waals surface area contributed by atoms with Gasteiger partial charge in [0.2, 0.25) is 11.7 Å². The zero-order valence-electron chi connectivity index (χ0n) is 12.0. The van der Waals surface area contributed by atoms with E-state index in [0.717, 1.165) is 5.56 Å². The van der Waals surface area contributed by atoms with Crippen LogP contribution < -0.4 is 4.74 Å². The molecule has 3 aromatic rings. The maximum Gasteiger partial charge on any atom is 0.227 e. The number of hydrogen-bond acceptors (Lipinski definition) is 5. The molecule has 0 radical (unpaired) electrons. The molecule has 0 fully saturated rings. The van der Waals surface area contributed by atoms with E-state index in [0.29, 0.717) is 30.1 Å². The number of aromatic nitrogens is 3. The maximum atomic E-state index is 14.0. The number of aryl methyl sites for hydroxylation is 2. The minimum Gasteiger partial charge on any atom is -0.494 e. The third-order valence-electron chi connectivity index (χ3n) is 3.28. The normalized spacial score (nSPS) is 10.6. The number of nitrogens with zero attached hydrogens (tertiary/aromatic N) is 3. The van der Waals surface area contributed by atoms with E-state index >= 15 is 0 Å². The summed E-state index contributed by atoms with van der Waals surface area (Å²) < 4.78 is 24.2. The first-order valence-electron chi connectivity index (χ1n) is 6.82. The predicted molar refractivity (Wildman–Crippen MR) is 77.9 cm³/mol.